The van der Waals surface area contributed by atoms with Crippen molar-refractivity contribution in [3.8, 4) is 11.5 Å². The van der Waals surface area contributed by atoms with Crippen molar-refractivity contribution in [1.29, 1.82) is 0 Å². The molecule has 4 aromatic rings. The third-order valence-electron chi connectivity index (χ3n) is 6.89. The summed E-state index contributed by atoms with van der Waals surface area (Å²) in [4.78, 5) is 28.6. The van der Waals surface area contributed by atoms with Crippen molar-refractivity contribution in [2.24, 2.45) is 0 Å². The molecule has 4 aromatic carbocycles. The third kappa shape index (κ3) is 8.18. The topological polar surface area (TPSA) is 96.0 Å². The van der Waals surface area contributed by atoms with E-state index in [4.69, 9.17) is 16.3 Å². The summed E-state index contributed by atoms with van der Waals surface area (Å²) in [6, 6.07) is 28.0. The first kappa shape index (κ1) is 32.6. The number of para-hydroxylation sites is 1. The number of carbonyl (C=O) groups excluding carboxylic acids is 2. The summed E-state index contributed by atoms with van der Waals surface area (Å²) in [5.74, 6) is 0.189. The first-order valence-electron chi connectivity index (χ1n) is 14.2. The lowest BCUT2D eigenvalue weighted by Crippen LogP contribution is -2.52. The van der Waals surface area contributed by atoms with Gasteiger partial charge in [0.2, 0.25) is 11.8 Å². The molecule has 0 aliphatic heterocycles. The minimum atomic E-state index is -4.20. The SMILES string of the molecule is Cc1ccc(S(=O)(=O)N(CC(=O)N(Cc2ccccc2Cl)[C@H](C)C(=O)NC(C)C)c2ccc(Oc3ccccc3)cc2)cc1. The molecule has 0 bridgehead atoms. The fourth-order valence-electron chi connectivity index (χ4n) is 4.47. The summed E-state index contributed by atoms with van der Waals surface area (Å²) in [5.41, 5.74) is 1.78. The number of halogens is 1. The standard InChI is InChI=1S/C34H36ClN3O5S/c1-24(2)36-34(40)26(4)37(22-27-10-8-9-13-32(27)35)33(39)23-38(44(41,42)31-20-14-25(3)15-21-31)28-16-18-30(19-17-28)43-29-11-6-5-7-12-29/h5-21,24,26H,22-23H2,1-4H3,(H,36,40)/t26-/m1/s1. The second-order valence-electron chi connectivity index (χ2n) is 10.7. The van der Waals surface area contributed by atoms with E-state index in [9.17, 15) is 18.0 Å². The molecule has 4 rings (SSSR count). The first-order valence-corrected chi connectivity index (χ1v) is 16.0. The highest BCUT2D eigenvalue weighted by molar-refractivity contribution is 7.92. The van der Waals surface area contributed by atoms with E-state index in [1.807, 2.05) is 51.1 Å². The van der Waals surface area contributed by atoms with Crippen molar-refractivity contribution >= 4 is 39.1 Å². The van der Waals surface area contributed by atoms with Gasteiger partial charge in [-0.15, -0.1) is 0 Å². The van der Waals surface area contributed by atoms with Crippen LogP contribution >= 0.6 is 11.6 Å². The molecule has 0 spiro atoms. The van der Waals surface area contributed by atoms with Crippen molar-refractivity contribution in [2.45, 2.75) is 51.2 Å². The van der Waals surface area contributed by atoms with E-state index in [-0.39, 0.29) is 29.1 Å². The quantitative estimate of drug-likeness (QED) is 0.190. The first-order chi connectivity index (χ1) is 21.0. The molecule has 1 atom stereocenters. The molecule has 230 valence electrons. The Morgan fingerprint density at radius 2 is 1.41 bits per heavy atom. The molecule has 0 radical (unpaired) electrons. The predicted octanol–water partition coefficient (Wildman–Crippen LogP) is 6.58. The molecule has 0 fully saturated rings. The number of carbonyl (C=O) groups is 2. The average molecular weight is 634 g/mol. The lowest BCUT2D eigenvalue weighted by molar-refractivity contribution is -0.139. The largest absolute Gasteiger partial charge is 0.457 e. The Labute approximate surface area is 264 Å². The smallest absolute Gasteiger partial charge is 0.264 e. The van der Waals surface area contributed by atoms with Crippen molar-refractivity contribution in [1.82, 2.24) is 10.2 Å². The van der Waals surface area contributed by atoms with Gasteiger partial charge in [0.05, 0.1) is 10.6 Å². The minimum absolute atomic E-state index is 0.00740. The predicted molar refractivity (Wildman–Crippen MR) is 173 cm³/mol. The number of sulfonamides is 1. The van der Waals surface area contributed by atoms with Crippen LogP contribution in [0.4, 0.5) is 5.69 Å². The molecule has 10 heteroatoms. The molecule has 8 nitrogen and oxygen atoms in total. The van der Waals surface area contributed by atoms with Crippen molar-refractivity contribution < 1.29 is 22.7 Å². The van der Waals surface area contributed by atoms with Crippen molar-refractivity contribution in [2.75, 3.05) is 10.8 Å². The zero-order valence-corrected chi connectivity index (χ0v) is 26.7. The summed E-state index contributed by atoms with van der Waals surface area (Å²) >= 11 is 6.42. The molecule has 0 aliphatic carbocycles. The zero-order valence-electron chi connectivity index (χ0n) is 25.1. The number of anilines is 1. The van der Waals surface area contributed by atoms with Gasteiger partial charge in [0, 0.05) is 17.6 Å². The molecular formula is C34H36ClN3O5S. The number of hydrogen-bond donors (Lipinski definition) is 1. The molecule has 0 heterocycles. The molecule has 0 saturated carbocycles. The van der Waals surface area contributed by atoms with Crippen LogP contribution < -0.4 is 14.4 Å². The Hall–Kier alpha value is -4.34. The van der Waals surface area contributed by atoms with Crippen LogP contribution in [0.2, 0.25) is 5.02 Å². The lowest BCUT2D eigenvalue weighted by Gasteiger charge is -2.32. The van der Waals surface area contributed by atoms with Crippen molar-refractivity contribution in [3.63, 3.8) is 0 Å². The van der Waals surface area contributed by atoms with Gasteiger partial charge < -0.3 is 15.0 Å². The Morgan fingerprint density at radius 3 is 2.02 bits per heavy atom. The number of hydrogen-bond acceptors (Lipinski definition) is 5. The van der Waals surface area contributed by atoms with E-state index < -0.39 is 28.5 Å². The van der Waals surface area contributed by atoms with Crippen LogP contribution in [0.5, 0.6) is 11.5 Å². The van der Waals surface area contributed by atoms with E-state index in [0.717, 1.165) is 9.87 Å². The van der Waals surface area contributed by atoms with Gasteiger partial charge >= 0.3 is 0 Å². The summed E-state index contributed by atoms with van der Waals surface area (Å²) in [6.07, 6.45) is 0. The van der Waals surface area contributed by atoms with E-state index in [1.165, 1.54) is 17.0 Å². The normalized spacial score (nSPS) is 12.0. The summed E-state index contributed by atoms with van der Waals surface area (Å²) in [5, 5.41) is 3.27. The zero-order chi connectivity index (χ0) is 31.9. The summed E-state index contributed by atoms with van der Waals surface area (Å²) < 4.78 is 35.1. The van der Waals surface area contributed by atoms with Crippen LogP contribution in [-0.2, 0) is 26.2 Å². The Balaban J connectivity index is 1.71. The molecule has 1 N–H and O–H groups in total. The van der Waals surface area contributed by atoms with Gasteiger partial charge in [0.15, 0.2) is 0 Å². The highest BCUT2D eigenvalue weighted by atomic mass is 35.5. The number of benzene rings is 4. The number of ether oxygens (including phenoxy) is 1. The second kappa shape index (κ2) is 14.4. The summed E-state index contributed by atoms with van der Waals surface area (Å²) in [7, 11) is -4.20. The number of aryl methyl sites for hydroxylation is 1. The average Bonchev–Trinajstić information content (AvgIpc) is 3.00. The number of rotatable bonds is 12. The maximum absolute atomic E-state index is 14.1. The number of nitrogens with one attached hydrogen (secondary N) is 1. The minimum Gasteiger partial charge on any atom is -0.457 e. The molecule has 0 aliphatic rings. The Bertz CT molecular complexity index is 1680. The van der Waals surface area contributed by atoms with Gasteiger partial charge in [-0.3, -0.25) is 13.9 Å². The van der Waals surface area contributed by atoms with Crippen LogP contribution in [0.15, 0.2) is 108 Å². The molecule has 0 aromatic heterocycles. The van der Waals surface area contributed by atoms with Gasteiger partial charge in [-0.1, -0.05) is 65.7 Å². The van der Waals surface area contributed by atoms with Crippen LogP contribution in [0, 0.1) is 6.92 Å². The van der Waals surface area contributed by atoms with Crippen LogP contribution in [0.25, 0.3) is 0 Å². The third-order valence-corrected chi connectivity index (χ3v) is 9.05. The maximum Gasteiger partial charge on any atom is 0.264 e. The molecule has 0 unspecified atom stereocenters. The van der Waals surface area contributed by atoms with E-state index in [0.29, 0.717) is 22.1 Å². The van der Waals surface area contributed by atoms with E-state index >= 15 is 0 Å². The second-order valence-corrected chi connectivity index (χ2v) is 13.0. The molecule has 0 saturated heterocycles. The van der Waals surface area contributed by atoms with Crippen molar-refractivity contribution in [3.05, 3.63) is 119 Å². The highest BCUT2D eigenvalue weighted by Crippen LogP contribution is 2.29. The van der Waals surface area contributed by atoms with Gasteiger partial charge in [-0.25, -0.2) is 8.42 Å². The van der Waals surface area contributed by atoms with E-state index in [1.54, 1.807) is 67.6 Å². The van der Waals surface area contributed by atoms with Crippen LogP contribution in [0.3, 0.4) is 0 Å². The van der Waals surface area contributed by atoms with Gasteiger partial charge in [-0.05, 0) is 87.9 Å². The highest BCUT2D eigenvalue weighted by Gasteiger charge is 2.33. The van der Waals surface area contributed by atoms with Gasteiger partial charge in [-0.2, -0.15) is 0 Å². The number of amides is 2. The Kier molecular flexibility index (Phi) is 10.7. The lowest BCUT2D eigenvalue weighted by atomic mass is 10.1. The maximum atomic E-state index is 14.1. The van der Waals surface area contributed by atoms with Gasteiger partial charge in [0.25, 0.3) is 10.0 Å². The number of nitrogens with zero attached hydrogens (tertiary/aromatic N) is 2. The fraction of sp³-hybridized carbons (Fsp3) is 0.235. The fourth-order valence-corrected chi connectivity index (χ4v) is 6.08. The van der Waals surface area contributed by atoms with E-state index in [2.05, 4.69) is 5.32 Å². The van der Waals surface area contributed by atoms with Crippen LogP contribution in [0.1, 0.15) is 31.9 Å². The molecule has 44 heavy (non-hydrogen) atoms. The molecule has 2 amide bonds. The van der Waals surface area contributed by atoms with Crippen LogP contribution in [-0.4, -0.2) is 43.8 Å². The monoisotopic (exact) mass is 633 g/mol. The molecular weight excluding hydrogens is 598 g/mol. The Morgan fingerprint density at radius 1 is 0.818 bits per heavy atom. The van der Waals surface area contributed by atoms with Gasteiger partial charge in [0.1, 0.15) is 24.1 Å². The summed E-state index contributed by atoms with van der Waals surface area (Å²) in [6.45, 7) is 6.57.